The molecule has 0 bridgehead atoms. The first-order chi connectivity index (χ1) is 13.7. The lowest BCUT2D eigenvalue weighted by Gasteiger charge is -2.26. The SMILES string of the molecule is CCCCOc1nc(N)c2[nH]c(C#N)c(CCCCCN3CCCCC3)c2n1. The third kappa shape index (κ3) is 5.14. The van der Waals surface area contributed by atoms with Gasteiger partial charge in [0.1, 0.15) is 22.8 Å². The summed E-state index contributed by atoms with van der Waals surface area (Å²) in [5.74, 6) is 0.337. The molecule has 1 aliphatic rings. The smallest absolute Gasteiger partial charge is 0.319 e. The Morgan fingerprint density at radius 2 is 1.96 bits per heavy atom. The summed E-state index contributed by atoms with van der Waals surface area (Å²) < 4.78 is 5.64. The number of H-pyrrole nitrogens is 1. The van der Waals surface area contributed by atoms with Crippen LogP contribution in [0, 0.1) is 11.3 Å². The monoisotopic (exact) mass is 384 g/mol. The maximum Gasteiger partial charge on any atom is 0.319 e. The summed E-state index contributed by atoms with van der Waals surface area (Å²) in [7, 11) is 0. The number of anilines is 1. The Labute approximate surface area is 167 Å². The number of nitriles is 1. The molecule has 0 aliphatic carbocycles. The van der Waals surface area contributed by atoms with Crippen LogP contribution in [0.4, 0.5) is 5.82 Å². The van der Waals surface area contributed by atoms with E-state index in [1.165, 1.54) is 45.3 Å². The van der Waals surface area contributed by atoms with Crippen LogP contribution >= 0.6 is 0 Å². The number of nitrogens with two attached hydrogens (primary N) is 1. The third-order valence-electron chi connectivity index (χ3n) is 5.44. The van der Waals surface area contributed by atoms with Crippen molar-refractivity contribution in [1.82, 2.24) is 19.9 Å². The first-order valence-corrected chi connectivity index (χ1v) is 10.7. The number of likely N-dealkylation sites (tertiary alicyclic amines) is 1. The van der Waals surface area contributed by atoms with Crippen molar-refractivity contribution in [2.75, 3.05) is 32.0 Å². The number of piperidine rings is 1. The van der Waals surface area contributed by atoms with Gasteiger partial charge in [-0.2, -0.15) is 15.2 Å². The number of hydrogen-bond donors (Lipinski definition) is 2. The minimum atomic E-state index is 0.299. The van der Waals surface area contributed by atoms with Crippen LogP contribution in [0.3, 0.4) is 0 Å². The van der Waals surface area contributed by atoms with Crippen LogP contribution in [0.2, 0.25) is 0 Å². The topological polar surface area (TPSA) is 104 Å². The number of nitrogen functional groups attached to an aromatic ring is 1. The number of aryl methyl sites for hydroxylation is 1. The number of fused-ring (bicyclic) bond motifs is 1. The average Bonchev–Trinajstić information content (AvgIpc) is 3.07. The number of ether oxygens (including phenoxy) is 1. The van der Waals surface area contributed by atoms with E-state index in [4.69, 9.17) is 10.5 Å². The van der Waals surface area contributed by atoms with Crippen molar-refractivity contribution in [2.24, 2.45) is 0 Å². The lowest BCUT2D eigenvalue weighted by atomic mass is 10.1. The van der Waals surface area contributed by atoms with Gasteiger partial charge in [0.15, 0.2) is 5.82 Å². The van der Waals surface area contributed by atoms with Crippen LogP contribution in [-0.4, -0.2) is 46.1 Å². The number of unbranched alkanes of at least 4 members (excludes halogenated alkanes) is 3. The fraction of sp³-hybridized carbons (Fsp3) is 0.667. The maximum atomic E-state index is 9.52. The van der Waals surface area contributed by atoms with Crippen molar-refractivity contribution < 1.29 is 4.74 Å². The minimum Gasteiger partial charge on any atom is -0.463 e. The van der Waals surface area contributed by atoms with Crippen LogP contribution in [-0.2, 0) is 6.42 Å². The number of aromatic nitrogens is 3. The third-order valence-corrected chi connectivity index (χ3v) is 5.44. The molecule has 152 valence electrons. The second kappa shape index (κ2) is 10.3. The fourth-order valence-corrected chi connectivity index (χ4v) is 3.83. The molecule has 7 nitrogen and oxygen atoms in total. The van der Waals surface area contributed by atoms with Crippen LogP contribution in [0.15, 0.2) is 0 Å². The molecule has 3 rings (SSSR count). The standard InChI is InChI=1S/C21H32N6O/c1-2-3-14-28-21-25-18-16(17(15-22)24-19(18)20(23)26-21)10-6-4-7-11-27-12-8-5-9-13-27/h24H,2-14H2,1H3,(H2,23,25,26). The van der Waals surface area contributed by atoms with Crippen LogP contribution in [0.25, 0.3) is 11.0 Å². The van der Waals surface area contributed by atoms with Gasteiger partial charge in [0, 0.05) is 5.56 Å². The molecule has 0 spiro atoms. The Morgan fingerprint density at radius 3 is 2.71 bits per heavy atom. The second-order valence-electron chi connectivity index (χ2n) is 7.62. The molecule has 0 unspecified atom stereocenters. The zero-order valence-electron chi connectivity index (χ0n) is 17.0. The molecule has 1 fully saturated rings. The van der Waals surface area contributed by atoms with E-state index < -0.39 is 0 Å². The molecule has 2 aromatic rings. The van der Waals surface area contributed by atoms with E-state index in [1.54, 1.807) is 0 Å². The van der Waals surface area contributed by atoms with Crippen LogP contribution in [0.5, 0.6) is 6.01 Å². The van der Waals surface area contributed by atoms with Crippen molar-refractivity contribution in [3.63, 3.8) is 0 Å². The quantitative estimate of drug-likeness (QED) is 0.604. The predicted octanol–water partition coefficient (Wildman–Crippen LogP) is 3.79. The highest BCUT2D eigenvalue weighted by Crippen LogP contribution is 2.27. The van der Waals surface area contributed by atoms with Gasteiger partial charge in [-0.05, 0) is 58.2 Å². The normalized spacial score (nSPS) is 15.0. The summed E-state index contributed by atoms with van der Waals surface area (Å²) in [5.41, 5.74) is 8.92. The van der Waals surface area contributed by atoms with Gasteiger partial charge >= 0.3 is 6.01 Å². The van der Waals surface area contributed by atoms with Gasteiger partial charge in [-0.3, -0.25) is 0 Å². The van der Waals surface area contributed by atoms with Gasteiger partial charge in [0.05, 0.1) is 6.61 Å². The first kappa shape index (κ1) is 20.4. The molecule has 3 N–H and O–H groups in total. The van der Waals surface area contributed by atoms with Gasteiger partial charge < -0.3 is 20.4 Å². The fourth-order valence-electron chi connectivity index (χ4n) is 3.83. The minimum absolute atomic E-state index is 0.299. The molecule has 0 amide bonds. The molecule has 3 heterocycles. The van der Waals surface area contributed by atoms with E-state index in [9.17, 15) is 5.26 Å². The van der Waals surface area contributed by atoms with Crippen molar-refractivity contribution in [2.45, 2.75) is 64.7 Å². The van der Waals surface area contributed by atoms with Crippen molar-refractivity contribution in [3.8, 4) is 12.1 Å². The summed E-state index contributed by atoms with van der Waals surface area (Å²) >= 11 is 0. The van der Waals surface area contributed by atoms with Crippen molar-refractivity contribution in [3.05, 3.63) is 11.3 Å². The van der Waals surface area contributed by atoms with E-state index >= 15 is 0 Å². The summed E-state index contributed by atoms with van der Waals surface area (Å²) in [6.45, 7) is 6.36. The Hall–Kier alpha value is -2.33. The first-order valence-electron chi connectivity index (χ1n) is 10.7. The number of rotatable bonds is 10. The lowest BCUT2D eigenvalue weighted by Crippen LogP contribution is -2.30. The molecular formula is C21H32N6O. The van der Waals surface area contributed by atoms with E-state index in [0.29, 0.717) is 29.6 Å². The van der Waals surface area contributed by atoms with E-state index in [-0.39, 0.29) is 0 Å². The Bertz CT molecular complexity index is 803. The second-order valence-corrected chi connectivity index (χ2v) is 7.62. The average molecular weight is 385 g/mol. The largest absolute Gasteiger partial charge is 0.463 e. The summed E-state index contributed by atoms with van der Waals surface area (Å²) in [5, 5.41) is 9.52. The molecular weight excluding hydrogens is 352 g/mol. The summed E-state index contributed by atoms with van der Waals surface area (Å²) in [4.78, 5) is 14.4. The zero-order chi connectivity index (χ0) is 19.8. The van der Waals surface area contributed by atoms with Gasteiger partial charge in [0.25, 0.3) is 0 Å². The molecule has 28 heavy (non-hydrogen) atoms. The van der Waals surface area contributed by atoms with Gasteiger partial charge in [-0.25, -0.2) is 0 Å². The molecule has 0 atom stereocenters. The Balaban J connectivity index is 1.62. The number of aromatic amines is 1. The van der Waals surface area contributed by atoms with Crippen molar-refractivity contribution >= 4 is 16.9 Å². The number of hydrogen-bond acceptors (Lipinski definition) is 6. The lowest BCUT2D eigenvalue weighted by molar-refractivity contribution is 0.224. The summed E-state index contributed by atoms with van der Waals surface area (Å²) in [6, 6.07) is 2.55. The number of nitrogens with zero attached hydrogens (tertiary/aromatic N) is 4. The maximum absolute atomic E-state index is 9.52. The molecule has 1 aliphatic heterocycles. The van der Waals surface area contributed by atoms with E-state index in [2.05, 4.69) is 32.8 Å². The highest BCUT2D eigenvalue weighted by atomic mass is 16.5. The van der Waals surface area contributed by atoms with E-state index in [1.807, 2.05) is 0 Å². The highest BCUT2D eigenvalue weighted by Gasteiger charge is 2.17. The van der Waals surface area contributed by atoms with E-state index in [0.717, 1.165) is 43.2 Å². The molecule has 0 aromatic carbocycles. The number of nitrogens with one attached hydrogen (secondary N) is 1. The predicted molar refractivity (Wildman–Crippen MR) is 111 cm³/mol. The molecule has 0 saturated carbocycles. The Kier molecular flexibility index (Phi) is 7.49. The zero-order valence-corrected chi connectivity index (χ0v) is 17.0. The van der Waals surface area contributed by atoms with Gasteiger partial charge in [-0.1, -0.05) is 26.2 Å². The van der Waals surface area contributed by atoms with Crippen LogP contribution in [0.1, 0.15) is 69.5 Å². The molecule has 7 heteroatoms. The van der Waals surface area contributed by atoms with Gasteiger partial charge in [-0.15, -0.1) is 0 Å². The van der Waals surface area contributed by atoms with Crippen LogP contribution < -0.4 is 10.5 Å². The molecule has 1 saturated heterocycles. The van der Waals surface area contributed by atoms with Gasteiger partial charge in [0.2, 0.25) is 0 Å². The molecule has 2 aromatic heterocycles. The molecule has 0 radical (unpaired) electrons. The summed E-state index contributed by atoms with van der Waals surface area (Å²) in [6.07, 6.45) is 10.2. The van der Waals surface area contributed by atoms with Crippen molar-refractivity contribution in [1.29, 1.82) is 5.26 Å². The highest BCUT2D eigenvalue weighted by molar-refractivity contribution is 5.89. The Morgan fingerprint density at radius 1 is 1.14 bits per heavy atom.